The quantitative estimate of drug-likeness (QED) is 0.309. The Morgan fingerprint density at radius 2 is 1.94 bits per heavy atom. The lowest BCUT2D eigenvalue weighted by molar-refractivity contribution is 0.628. The number of hydrogen-bond donors (Lipinski definition) is 2. The van der Waals surface area contributed by atoms with Gasteiger partial charge in [-0.25, -0.2) is 24.3 Å². The first-order valence-electron chi connectivity index (χ1n) is 10.2. The monoisotopic (exact) mass is 517 g/mol. The summed E-state index contributed by atoms with van der Waals surface area (Å²) in [6.07, 6.45) is 3.43. The molecule has 0 saturated heterocycles. The largest absolute Gasteiger partial charge is 0.358 e. The molecule has 5 rings (SSSR count). The van der Waals surface area contributed by atoms with Crippen molar-refractivity contribution in [3.63, 3.8) is 0 Å². The minimum Gasteiger partial charge on any atom is -0.358 e. The van der Waals surface area contributed by atoms with Gasteiger partial charge in [-0.15, -0.1) is 0 Å². The van der Waals surface area contributed by atoms with Crippen molar-refractivity contribution in [2.45, 2.75) is 19.4 Å². The standard InChI is InChI=1S/C22H15Cl3FN7O/c1-2-14(31-20-18-19(28-8-27-18)29-9-30-20)21-32-15-6-5-13(26)17(25)16(15)22(34)33(21)10-3-4-11(23)12(24)7-10/h3-9,14H,2H2,1H3,(H2,27,28,29,30,31)/t14-/m1/s1. The van der Waals surface area contributed by atoms with Gasteiger partial charge in [0.2, 0.25) is 0 Å². The molecular formula is C22H15Cl3FN7O. The Balaban J connectivity index is 1.77. The highest BCUT2D eigenvalue weighted by Gasteiger charge is 2.24. The summed E-state index contributed by atoms with van der Waals surface area (Å²) >= 11 is 18.5. The minimum absolute atomic E-state index is 0.0388. The highest BCUT2D eigenvalue weighted by molar-refractivity contribution is 6.42. The molecule has 34 heavy (non-hydrogen) atoms. The van der Waals surface area contributed by atoms with Gasteiger partial charge in [0.05, 0.1) is 44.0 Å². The topological polar surface area (TPSA) is 101 Å². The molecule has 3 heterocycles. The summed E-state index contributed by atoms with van der Waals surface area (Å²) in [6.45, 7) is 1.92. The van der Waals surface area contributed by atoms with Crippen LogP contribution in [0.4, 0.5) is 10.2 Å². The number of aromatic nitrogens is 6. The van der Waals surface area contributed by atoms with Gasteiger partial charge in [0.25, 0.3) is 5.56 Å². The zero-order valence-electron chi connectivity index (χ0n) is 17.5. The maximum atomic E-state index is 14.2. The van der Waals surface area contributed by atoms with Gasteiger partial charge in [0.15, 0.2) is 11.5 Å². The predicted molar refractivity (Wildman–Crippen MR) is 131 cm³/mol. The van der Waals surface area contributed by atoms with E-state index in [-0.39, 0.29) is 20.9 Å². The number of anilines is 1. The van der Waals surface area contributed by atoms with Crippen LogP contribution in [0.2, 0.25) is 15.1 Å². The summed E-state index contributed by atoms with van der Waals surface area (Å²) in [7, 11) is 0. The smallest absolute Gasteiger partial charge is 0.267 e. The number of rotatable bonds is 5. The van der Waals surface area contributed by atoms with Crippen LogP contribution < -0.4 is 10.9 Å². The maximum Gasteiger partial charge on any atom is 0.267 e. The van der Waals surface area contributed by atoms with Crippen molar-refractivity contribution in [2.24, 2.45) is 0 Å². The Morgan fingerprint density at radius 1 is 1.12 bits per heavy atom. The fourth-order valence-electron chi connectivity index (χ4n) is 3.72. The second-order valence-electron chi connectivity index (χ2n) is 7.39. The lowest BCUT2D eigenvalue weighted by Gasteiger charge is -2.22. The third-order valence-corrected chi connectivity index (χ3v) is 6.47. The molecular weight excluding hydrogens is 504 g/mol. The van der Waals surface area contributed by atoms with Crippen molar-refractivity contribution in [2.75, 3.05) is 5.32 Å². The average Bonchev–Trinajstić information content (AvgIpc) is 3.31. The van der Waals surface area contributed by atoms with Gasteiger partial charge in [0.1, 0.15) is 23.5 Å². The number of halogens is 4. The molecule has 0 aliphatic rings. The van der Waals surface area contributed by atoms with Gasteiger partial charge in [-0.1, -0.05) is 41.7 Å². The molecule has 3 aromatic heterocycles. The Bertz CT molecular complexity index is 1620. The van der Waals surface area contributed by atoms with Gasteiger partial charge in [-0.05, 0) is 36.8 Å². The van der Waals surface area contributed by atoms with Crippen LogP contribution in [0.1, 0.15) is 25.2 Å². The van der Waals surface area contributed by atoms with E-state index in [1.165, 1.54) is 29.4 Å². The lowest BCUT2D eigenvalue weighted by Crippen LogP contribution is -2.28. The lowest BCUT2D eigenvalue weighted by atomic mass is 10.1. The summed E-state index contributed by atoms with van der Waals surface area (Å²) in [4.78, 5) is 34.0. The molecule has 0 saturated carbocycles. The van der Waals surface area contributed by atoms with E-state index < -0.39 is 17.4 Å². The summed E-state index contributed by atoms with van der Waals surface area (Å²) in [6, 6.07) is 6.84. The van der Waals surface area contributed by atoms with E-state index in [1.54, 1.807) is 18.2 Å². The van der Waals surface area contributed by atoms with Crippen molar-refractivity contribution < 1.29 is 4.39 Å². The van der Waals surface area contributed by atoms with Crippen LogP contribution >= 0.6 is 34.8 Å². The number of aromatic amines is 1. The number of fused-ring (bicyclic) bond motifs is 2. The zero-order chi connectivity index (χ0) is 24.0. The summed E-state index contributed by atoms with van der Waals surface area (Å²) in [5.41, 5.74) is 1.21. The van der Waals surface area contributed by atoms with E-state index in [1.807, 2.05) is 6.92 Å². The molecule has 0 aliphatic heterocycles. The molecule has 0 radical (unpaired) electrons. The van der Waals surface area contributed by atoms with Crippen LogP contribution in [-0.2, 0) is 0 Å². The van der Waals surface area contributed by atoms with Crippen molar-refractivity contribution in [3.05, 3.63) is 80.0 Å². The molecule has 0 fully saturated rings. The molecule has 0 spiro atoms. The molecule has 2 aromatic carbocycles. The number of nitrogens with zero attached hydrogens (tertiary/aromatic N) is 5. The van der Waals surface area contributed by atoms with Gasteiger partial charge in [0, 0.05) is 0 Å². The molecule has 8 nitrogen and oxygen atoms in total. The average molecular weight is 519 g/mol. The molecule has 0 unspecified atom stereocenters. The fourth-order valence-corrected chi connectivity index (χ4v) is 4.25. The molecule has 12 heteroatoms. The predicted octanol–water partition coefficient (Wildman–Crippen LogP) is 5.71. The first-order valence-corrected chi connectivity index (χ1v) is 11.3. The third kappa shape index (κ3) is 3.75. The summed E-state index contributed by atoms with van der Waals surface area (Å²) in [5, 5.41) is 3.54. The van der Waals surface area contributed by atoms with E-state index in [4.69, 9.17) is 39.8 Å². The van der Waals surface area contributed by atoms with Crippen molar-refractivity contribution in [3.8, 4) is 5.69 Å². The summed E-state index contributed by atoms with van der Waals surface area (Å²) in [5.74, 6) is 0.0993. The van der Waals surface area contributed by atoms with Gasteiger partial charge >= 0.3 is 0 Å². The number of imidazole rings is 1. The fraction of sp³-hybridized carbons (Fsp3) is 0.136. The van der Waals surface area contributed by atoms with Crippen LogP contribution in [0.5, 0.6) is 0 Å². The molecule has 5 aromatic rings. The Hall–Kier alpha value is -3.27. The minimum atomic E-state index is -0.714. The van der Waals surface area contributed by atoms with Gasteiger partial charge in [-0.3, -0.25) is 9.36 Å². The second-order valence-corrected chi connectivity index (χ2v) is 8.58. The van der Waals surface area contributed by atoms with Crippen molar-refractivity contribution >= 4 is 62.7 Å². The van der Waals surface area contributed by atoms with Crippen LogP contribution in [0.15, 0.2) is 47.8 Å². The number of benzene rings is 2. The number of H-pyrrole nitrogens is 1. The first kappa shape index (κ1) is 22.5. The maximum absolute atomic E-state index is 14.2. The van der Waals surface area contributed by atoms with Crippen molar-refractivity contribution in [1.29, 1.82) is 0 Å². The van der Waals surface area contributed by atoms with E-state index in [2.05, 4.69) is 25.3 Å². The normalized spacial score (nSPS) is 12.4. The number of nitrogens with one attached hydrogen (secondary N) is 2. The molecule has 0 aliphatic carbocycles. The molecule has 172 valence electrons. The molecule has 2 N–H and O–H groups in total. The highest BCUT2D eigenvalue weighted by Crippen LogP contribution is 2.30. The van der Waals surface area contributed by atoms with E-state index in [0.29, 0.717) is 39.9 Å². The Morgan fingerprint density at radius 3 is 2.71 bits per heavy atom. The van der Waals surface area contributed by atoms with Gasteiger partial charge < -0.3 is 10.3 Å². The van der Waals surface area contributed by atoms with Crippen LogP contribution in [0.3, 0.4) is 0 Å². The Labute approximate surface area is 206 Å². The van der Waals surface area contributed by atoms with Gasteiger partial charge in [-0.2, -0.15) is 0 Å². The number of hydrogen-bond acceptors (Lipinski definition) is 6. The van der Waals surface area contributed by atoms with E-state index >= 15 is 0 Å². The second kappa shape index (κ2) is 8.83. The summed E-state index contributed by atoms with van der Waals surface area (Å²) < 4.78 is 15.6. The van der Waals surface area contributed by atoms with Crippen molar-refractivity contribution in [1.82, 2.24) is 29.5 Å². The third-order valence-electron chi connectivity index (χ3n) is 5.36. The Kier molecular flexibility index (Phi) is 5.85. The molecule has 0 amide bonds. The molecule has 1 atom stereocenters. The first-order chi connectivity index (χ1) is 16.4. The van der Waals surface area contributed by atoms with Crippen LogP contribution in [0.25, 0.3) is 27.8 Å². The highest BCUT2D eigenvalue weighted by atomic mass is 35.5. The van der Waals surface area contributed by atoms with E-state index in [9.17, 15) is 9.18 Å². The molecule has 0 bridgehead atoms. The SMILES string of the molecule is CC[C@@H](Nc1ncnc2[nH]cnc12)c1nc2ccc(F)c(Cl)c2c(=O)n1-c1ccc(Cl)c(Cl)c1. The van der Waals surface area contributed by atoms with Crippen LogP contribution in [0, 0.1) is 5.82 Å². The zero-order valence-corrected chi connectivity index (χ0v) is 19.7. The van der Waals surface area contributed by atoms with Crippen LogP contribution in [-0.4, -0.2) is 29.5 Å². The van der Waals surface area contributed by atoms with E-state index in [0.717, 1.165) is 0 Å².